The number of likely N-dealkylation sites (tertiary alicyclic amines) is 1. The van der Waals surface area contributed by atoms with E-state index in [0.717, 1.165) is 32.4 Å². The molecule has 0 aliphatic carbocycles. The topological polar surface area (TPSA) is 55.6 Å². The Balaban J connectivity index is 2.47. The molecule has 0 aromatic heterocycles. The van der Waals surface area contributed by atoms with E-state index in [4.69, 9.17) is 10.5 Å². The second-order valence-corrected chi connectivity index (χ2v) is 6.60. The normalized spacial score (nSPS) is 21.6. The van der Waals surface area contributed by atoms with E-state index in [1.54, 1.807) is 4.90 Å². The molecule has 106 valence electrons. The molecule has 0 radical (unpaired) electrons. The maximum Gasteiger partial charge on any atom is 0.410 e. The van der Waals surface area contributed by atoms with Gasteiger partial charge in [-0.2, -0.15) is 0 Å². The van der Waals surface area contributed by atoms with Gasteiger partial charge in [-0.25, -0.2) is 4.79 Å². The number of amides is 1. The molecule has 0 bridgehead atoms. The van der Waals surface area contributed by atoms with E-state index in [1.807, 2.05) is 20.8 Å². The lowest BCUT2D eigenvalue weighted by atomic mass is 9.78. The van der Waals surface area contributed by atoms with Crippen LogP contribution in [0.1, 0.15) is 53.9 Å². The van der Waals surface area contributed by atoms with Gasteiger partial charge in [0, 0.05) is 18.6 Å². The van der Waals surface area contributed by atoms with Crippen LogP contribution >= 0.6 is 0 Å². The van der Waals surface area contributed by atoms with Crippen LogP contribution in [0.15, 0.2) is 0 Å². The van der Waals surface area contributed by atoms with Gasteiger partial charge in [-0.15, -0.1) is 0 Å². The van der Waals surface area contributed by atoms with Crippen LogP contribution < -0.4 is 5.73 Å². The summed E-state index contributed by atoms with van der Waals surface area (Å²) in [5.74, 6) is 0.501. The van der Waals surface area contributed by atoms with Gasteiger partial charge in [-0.3, -0.25) is 0 Å². The van der Waals surface area contributed by atoms with Crippen LogP contribution in [0.2, 0.25) is 0 Å². The molecule has 1 unspecified atom stereocenters. The summed E-state index contributed by atoms with van der Waals surface area (Å²) in [4.78, 5) is 13.7. The van der Waals surface area contributed by atoms with Crippen molar-refractivity contribution in [1.82, 2.24) is 4.90 Å². The lowest BCUT2D eigenvalue weighted by molar-refractivity contribution is 0.0150. The summed E-state index contributed by atoms with van der Waals surface area (Å²) < 4.78 is 5.38. The van der Waals surface area contributed by atoms with Gasteiger partial charge in [-0.05, 0) is 52.9 Å². The molecular formula is C14H28N2O2. The number of ether oxygens (including phenoxy) is 1. The number of rotatable bonds is 2. The van der Waals surface area contributed by atoms with E-state index < -0.39 is 5.60 Å². The van der Waals surface area contributed by atoms with Crippen molar-refractivity contribution in [3.8, 4) is 0 Å². The Morgan fingerprint density at radius 1 is 1.28 bits per heavy atom. The highest BCUT2D eigenvalue weighted by Gasteiger charge is 2.34. The van der Waals surface area contributed by atoms with Crippen LogP contribution in [0.5, 0.6) is 0 Å². The first-order valence-electron chi connectivity index (χ1n) is 6.92. The molecule has 1 heterocycles. The third-order valence-electron chi connectivity index (χ3n) is 3.84. The Morgan fingerprint density at radius 2 is 1.78 bits per heavy atom. The van der Waals surface area contributed by atoms with Crippen molar-refractivity contribution in [2.75, 3.05) is 13.1 Å². The number of nitrogens with two attached hydrogens (primary N) is 1. The predicted octanol–water partition coefficient (Wildman–Crippen LogP) is 2.76. The summed E-state index contributed by atoms with van der Waals surface area (Å²) >= 11 is 0. The van der Waals surface area contributed by atoms with Crippen molar-refractivity contribution in [2.45, 2.75) is 65.0 Å². The van der Waals surface area contributed by atoms with E-state index in [2.05, 4.69) is 13.8 Å². The number of carbonyl (C=O) groups is 1. The van der Waals surface area contributed by atoms with Gasteiger partial charge in [0.15, 0.2) is 0 Å². The van der Waals surface area contributed by atoms with Crippen LogP contribution in [0.3, 0.4) is 0 Å². The lowest BCUT2D eigenvalue weighted by Crippen LogP contribution is -2.50. The molecule has 0 aromatic rings. The number of nitrogens with zero attached hydrogens (tertiary/aromatic N) is 1. The molecule has 1 aliphatic heterocycles. The molecule has 4 heteroatoms. The first-order valence-corrected chi connectivity index (χ1v) is 6.92. The molecule has 0 aromatic carbocycles. The molecule has 1 fully saturated rings. The number of carbonyl (C=O) groups excluding carboxylic acids is 1. The van der Waals surface area contributed by atoms with Gasteiger partial charge in [0.2, 0.25) is 0 Å². The van der Waals surface area contributed by atoms with Crippen LogP contribution in [-0.2, 0) is 4.74 Å². The molecule has 4 nitrogen and oxygen atoms in total. The summed E-state index contributed by atoms with van der Waals surface area (Å²) in [7, 11) is 0. The Morgan fingerprint density at radius 3 is 2.17 bits per heavy atom. The van der Waals surface area contributed by atoms with Crippen molar-refractivity contribution >= 4 is 6.09 Å². The van der Waals surface area contributed by atoms with Gasteiger partial charge in [0.25, 0.3) is 0 Å². The quantitative estimate of drug-likeness (QED) is 0.826. The lowest BCUT2D eigenvalue weighted by Gasteiger charge is -2.40. The highest BCUT2D eigenvalue weighted by molar-refractivity contribution is 5.68. The van der Waals surface area contributed by atoms with Gasteiger partial charge in [0.05, 0.1) is 0 Å². The fourth-order valence-electron chi connectivity index (χ4n) is 2.34. The zero-order valence-electron chi connectivity index (χ0n) is 12.5. The summed E-state index contributed by atoms with van der Waals surface area (Å²) in [6.07, 6.45) is 2.72. The molecule has 1 saturated heterocycles. The van der Waals surface area contributed by atoms with Crippen molar-refractivity contribution in [1.29, 1.82) is 0 Å². The van der Waals surface area contributed by atoms with E-state index in [1.165, 1.54) is 0 Å². The number of hydrogen-bond acceptors (Lipinski definition) is 3. The van der Waals surface area contributed by atoms with Crippen LogP contribution in [0.25, 0.3) is 0 Å². The maximum atomic E-state index is 11.9. The zero-order chi connectivity index (χ0) is 14.0. The Bertz CT molecular complexity index is 287. The van der Waals surface area contributed by atoms with Crippen molar-refractivity contribution in [3.63, 3.8) is 0 Å². The zero-order valence-corrected chi connectivity index (χ0v) is 12.5. The molecule has 1 amide bonds. The standard InChI is InChI=1S/C14H28N2O2/c1-6-14(5,15)11-7-9-16(10-8-11)12(17)18-13(2,3)4/h11H,6-10,15H2,1-5H3. The van der Waals surface area contributed by atoms with Crippen LogP contribution in [0.4, 0.5) is 4.79 Å². The molecule has 1 atom stereocenters. The Labute approximate surface area is 111 Å². The molecule has 1 aliphatic rings. The summed E-state index contributed by atoms with van der Waals surface area (Å²) in [5.41, 5.74) is 5.75. The summed E-state index contributed by atoms with van der Waals surface area (Å²) in [5, 5.41) is 0. The van der Waals surface area contributed by atoms with E-state index in [9.17, 15) is 4.79 Å². The van der Waals surface area contributed by atoms with Crippen molar-refractivity contribution < 1.29 is 9.53 Å². The monoisotopic (exact) mass is 256 g/mol. The number of piperidine rings is 1. The largest absolute Gasteiger partial charge is 0.444 e. The van der Waals surface area contributed by atoms with E-state index in [-0.39, 0.29) is 11.6 Å². The molecular weight excluding hydrogens is 228 g/mol. The first-order chi connectivity index (χ1) is 8.15. The average Bonchev–Trinajstić information content (AvgIpc) is 2.27. The van der Waals surface area contributed by atoms with Crippen LogP contribution in [-0.4, -0.2) is 35.2 Å². The third-order valence-corrected chi connectivity index (χ3v) is 3.84. The predicted molar refractivity (Wildman–Crippen MR) is 73.4 cm³/mol. The Hall–Kier alpha value is -0.770. The van der Waals surface area contributed by atoms with E-state index >= 15 is 0 Å². The van der Waals surface area contributed by atoms with E-state index in [0.29, 0.717) is 5.92 Å². The minimum Gasteiger partial charge on any atom is -0.444 e. The molecule has 0 spiro atoms. The minimum absolute atomic E-state index is 0.111. The van der Waals surface area contributed by atoms with Gasteiger partial charge < -0.3 is 15.4 Å². The fourth-order valence-corrected chi connectivity index (χ4v) is 2.34. The third kappa shape index (κ3) is 4.16. The van der Waals surface area contributed by atoms with Gasteiger partial charge in [0.1, 0.15) is 5.60 Å². The molecule has 1 rings (SSSR count). The fraction of sp³-hybridized carbons (Fsp3) is 0.929. The van der Waals surface area contributed by atoms with Crippen LogP contribution in [0, 0.1) is 5.92 Å². The maximum absolute atomic E-state index is 11.9. The number of hydrogen-bond donors (Lipinski definition) is 1. The average molecular weight is 256 g/mol. The Kier molecular flexibility index (Phi) is 4.65. The summed E-state index contributed by atoms with van der Waals surface area (Å²) in [6, 6.07) is 0. The highest BCUT2D eigenvalue weighted by Crippen LogP contribution is 2.29. The van der Waals surface area contributed by atoms with Crippen molar-refractivity contribution in [2.24, 2.45) is 11.7 Å². The van der Waals surface area contributed by atoms with Crippen molar-refractivity contribution in [3.05, 3.63) is 0 Å². The second kappa shape index (κ2) is 5.47. The SMILES string of the molecule is CCC(C)(N)C1CCN(C(=O)OC(C)(C)C)CC1. The minimum atomic E-state index is -0.417. The first kappa shape index (κ1) is 15.3. The smallest absolute Gasteiger partial charge is 0.410 e. The highest BCUT2D eigenvalue weighted by atomic mass is 16.6. The summed E-state index contributed by atoms with van der Waals surface area (Å²) in [6.45, 7) is 11.4. The van der Waals surface area contributed by atoms with Gasteiger partial charge in [-0.1, -0.05) is 6.92 Å². The molecule has 0 saturated carbocycles. The second-order valence-electron chi connectivity index (χ2n) is 6.60. The van der Waals surface area contributed by atoms with Gasteiger partial charge >= 0.3 is 6.09 Å². The molecule has 18 heavy (non-hydrogen) atoms. The molecule has 2 N–H and O–H groups in total.